The van der Waals surface area contributed by atoms with E-state index in [9.17, 15) is 13.2 Å². The van der Waals surface area contributed by atoms with E-state index in [1.165, 1.54) is 9.87 Å². The van der Waals surface area contributed by atoms with Crippen molar-refractivity contribution in [3.05, 3.63) is 64.7 Å². The van der Waals surface area contributed by atoms with Gasteiger partial charge in [0.25, 0.3) is 0 Å². The first-order valence-corrected chi connectivity index (χ1v) is 13.1. The third-order valence-corrected chi connectivity index (χ3v) is 8.10. The SMILES string of the molecule is CCN(CC)Cc1ccc(NC(=O)C2CCN(S(=O)(=O)Cc3ccc(Cl)cc3)CC2)cc1. The molecule has 3 rings (SSSR count). The lowest BCUT2D eigenvalue weighted by Crippen LogP contribution is -2.41. The van der Waals surface area contributed by atoms with Gasteiger partial charge in [0, 0.05) is 36.3 Å². The second-order valence-corrected chi connectivity index (χ2v) is 10.6. The maximum Gasteiger partial charge on any atom is 0.227 e. The molecule has 0 aromatic heterocycles. The Labute approximate surface area is 196 Å². The van der Waals surface area contributed by atoms with Crippen LogP contribution in [0, 0.1) is 5.92 Å². The normalized spacial score (nSPS) is 15.8. The molecule has 32 heavy (non-hydrogen) atoms. The van der Waals surface area contributed by atoms with Crippen LogP contribution in [0.3, 0.4) is 0 Å². The zero-order chi connectivity index (χ0) is 23.1. The highest BCUT2D eigenvalue weighted by molar-refractivity contribution is 7.88. The molecule has 1 N–H and O–H groups in total. The fraction of sp³-hybridized carbons (Fsp3) is 0.458. The molecule has 0 atom stereocenters. The first-order valence-electron chi connectivity index (χ1n) is 11.1. The van der Waals surface area contributed by atoms with E-state index in [1.54, 1.807) is 24.3 Å². The average molecular weight is 478 g/mol. The Kier molecular flexibility index (Phi) is 8.71. The Morgan fingerprint density at radius 1 is 1.00 bits per heavy atom. The zero-order valence-corrected chi connectivity index (χ0v) is 20.3. The van der Waals surface area contributed by atoms with Gasteiger partial charge >= 0.3 is 0 Å². The number of amides is 1. The fourth-order valence-electron chi connectivity index (χ4n) is 3.92. The monoisotopic (exact) mass is 477 g/mol. The lowest BCUT2D eigenvalue weighted by atomic mass is 9.97. The Hall–Kier alpha value is -1.93. The quantitative estimate of drug-likeness (QED) is 0.582. The van der Waals surface area contributed by atoms with Crippen LogP contribution in [0.2, 0.25) is 5.02 Å². The minimum atomic E-state index is -3.42. The van der Waals surface area contributed by atoms with Gasteiger partial charge in [0.05, 0.1) is 5.75 Å². The highest BCUT2D eigenvalue weighted by Gasteiger charge is 2.31. The van der Waals surface area contributed by atoms with Crippen molar-refractivity contribution in [2.45, 2.75) is 39.0 Å². The molecule has 174 valence electrons. The van der Waals surface area contributed by atoms with Crippen LogP contribution in [0.15, 0.2) is 48.5 Å². The van der Waals surface area contributed by atoms with Gasteiger partial charge in [-0.25, -0.2) is 12.7 Å². The number of hydrogen-bond donors (Lipinski definition) is 1. The van der Waals surface area contributed by atoms with E-state index < -0.39 is 10.0 Å². The van der Waals surface area contributed by atoms with E-state index in [2.05, 4.69) is 24.1 Å². The summed E-state index contributed by atoms with van der Waals surface area (Å²) in [6.45, 7) is 7.91. The summed E-state index contributed by atoms with van der Waals surface area (Å²) in [5.41, 5.74) is 2.70. The molecule has 0 bridgehead atoms. The van der Waals surface area contributed by atoms with E-state index in [0.717, 1.165) is 25.3 Å². The standard InChI is InChI=1S/C24H32ClN3O3S/c1-3-27(4-2)17-19-7-11-23(12-8-19)26-24(29)21-13-15-28(16-14-21)32(30,31)18-20-5-9-22(25)10-6-20/h5-12,21H,3-4,13-18H2,1-2H3,(H,26,29). The van der Waals surface area contributed by atoms with E-state index in [4.69, 9.17) is 11.6 Å². The number of nitrogens with one attached hydrogen (secondary N) is 1. The van der Waals surface area contributed by atoms with Crippen LogP contribution >= 0.6 is 11.6 Å². The maximum absolute atomic E-state index is 12.7. The highest BCUT2D eigenvalue weighted by Crippen LogP contribution is 2.24. The van der Waals surface area contributed by atoms with Gasteiger partial charge in [0.1, 0.15) is 0 Å². The number of rotatable bonds is 9. The number of piperidine rings is 1. The number of carbonyl (C=O) groups excluding carboxylic acids is 1. The number of benzene rings is 2. The number of sulfonamides is 1. The molecule has 6 nitrogen and oxygen atoms in total. The summed E-state index contributed by atoms with van der Waals surface area (Å²) in [5, 5.41) is 3.57. The van der Waals surface area contributed by atoms with Crippen molar-refractivity contribution in [3.8, 4) is 0 Å². The molecule has 8 heteroatoms. The summed E-state index contributed by atoms with van der Waals surface area (Å²) in [4.78, 5) is 15.0. The summed E-state index contributed by atoms with van der Waals surface area (Å²) in [6, 6.07) is 14.8. The van der Waals surface area contributed by atoms with Gasteiger partial charge in [0.15, 0.2) is 0 Å². The van der Waals surface area contributed by atoms with Crippen LogP contribution in [-0.4, -0.2) is 49.7 Å². The second kappa shape index (κ2) is 11.3. The fourth-order valence-corrected chi connectivity index (χ4v) is 5.61. The number of hydrogen-bond acceptors (Lipinski definition) is 4. The van der Waals surface area contributed by atoms with Crippen molar-refractivity contribution in [2.75, 3.05) is 31.5 Å². The Morgan fingerprint density at radius 3 is 2.12 bits per heavy atom. The largest absolute Gasteiger partial charge is 0.326 e. The molecule has 1 fully saturated rings. The van der Waals surface area contributed by atoms with Crippen molar-refractivity contribution in [3.63, 3.8) is 0 Å². The van der Waals surface area contributed by atoms with Crippen molar-refractivity contribution < 1.29 is 13.2 Å². The molecule has 0 aliphatic carbocycles. The van der Waals surface area contributed by atoms with Crippen molar-refractivity contribution >= 4 is 33.2 Å². The topological polar surface area (TPSA) is 69.7 Å². The van der Waals surface area contributed by atoms with Crippen molar-refractivity contribution in [2.24, 2.45) is 5.92 Å². The van der Waals surface area contributed by atoms with Crippen LogP contribution in [0.25, 0.3) is 0 Å². The minimum absolute atomic E-state index is 0.0451. The molecule has 1 aliphatic heterocycles. The molecular formula is C24H32ClN3O3S. The lowest BCUT2D eigenvalue weighted by molar-refractivity contribution is -0.120. The van der Waals surface area contributed by atoms with Crippen LogP contribution in [0.5, 0.6) is 0 Å². The van der Waals surface area contributed by atoms with E-state index in [-0.39, 0.29) is 17.6 Å². The molecular weight excluding hydrogens is 446 g/mol. The molecule has 0 saturated carbocycles. The third kappa shape index (κ3) is 6.78. The molecule has 2 aromatic carbocycles. The van der Waals surface area contributed by atoms with Gasteiger partial charge < -0.3 is 5.32 Å². The molecule has 1 saturated heterocycles. The van der Waals surface area contributed by atoms with Crippen LogP contribution < -0.4 is 5.32 Å². The van der Waals surface area contributed by atoms with Crippen LogP contribution in [0.4, 0.5) is 5.69 Å². The van der Waals surface area contributed by atoms with Gasteiger partial charge in [-0.05, 0) is 61.3 Å². The van der Waals surface area contributed by atoms with E-state index >= 15 is 0 Å². The number of carbonyl (C=O) groups is 1. The summed E-state index contributed by atoms with van der Waals surface area (Å²) >= 11 is 5.88. The molecule has 0 unspecified atom stereocenters. The Morgan fingerprint density at radius 2 is 1.56 bits per heavy atom. The van der Waals surface area contributed by atoms with Gasteiger partial charge in [-0.3, -0.25) is 9.69 Å². The van der Waals surface area contributed by atoms with Gasteiger partial charge in [-0.15, -0.1) is 0 Å². The summed E-state index contributed by atoms with van der Waals surface area (Å²) in [6.07, 6.45) is 1.04. The molecule has 0 radical (unpaired) electrons. The summed E-state index contributed by atoms with van der Waals surface area (Å²) in [5.74, 6) is -0.287. The van der Waals surface area contributed by atoms with E-state index in [1.807, 2.05) is 24.3 Å². The van der Waals surface area contributed by atoms with E-state index in [0.29, 0.717) is 36.5 Å². The second-order valence-electron chi connectivity index (χ2n) is 8.20. The Balaban J connectivity index is 1.50. The van der Waals surface area contributed by atoms with Crippen molar-refractivity contribution in [1.29, 1.82) is 0 Å². The smallest absolute Gasteiger partial charge is 0.227 e. The first-order chi connectivity index (χ1) is 15.3. The van der Waals surface area contributed by atoms with Crippen molar-refractivity contribution in [1.82, 2.24) is 9.21 Å². The maximum atomic E-state index is 12.7. The first kappa shape index (κ1) is 24.7. The van der Waals surface area contributed by atoms with Crippen LogP contribution in [0.1, 0.15) is 37.8 Å². The Bertz CT molecular complexity index is 982. The molecule has 2 aromatic rings. The zero-order valence-electron chi connectivity index (χ0n) is 18.8. The molecule has 1 amide bonds. The predicted molar refractivity (Wildman–Crippen MR) is 130 cm³/mol. The molecule has 1 heterocycles. The van der Waals surface area contributed by atoms with Gasteiger partial charge in [0.2, 0.25) is 15.9 Å². The van der Waals surface area contributed by atoms with Crippen LogP contribution in [-0.2, 0) is 27.1 Å². The minimum Gasteiger partial charge on any atom is -0.326 e. The predicted octanol–water partition coefficient (Wildman–Crippen LogP) is 4.36. The third-order valence-electron chi connectivity index (χ3n) is 6.00. The van der Waals surface area contributed by atoms with Gasteiger partial charge in [-0.2, -0.15) is 0 Å². The summed E-state index contributed by atoms with van der Waals surface area (Å²) in [7, 11) is -3.42. The number of anilines is 1. The van der Waals surface area contributed by atoms with Gasteiger partial charge in [-0.1, -0.05) is 49.7 Å². The number of halogens is 1. The molecule has 0 spiro atoms. The summed E-state index contributed by atoms with van der Waals surface area (Å²) < 4.78 is 27.0. The lowest BCUT2D eigenvalue weighted by Gasteiger charge is -2.30. The highest BCUT2D eigenvalue weighted by atomic mass is 35.5. The number of nitrogens with zero attached hydrogens (tertiary/aromatic N) is 2. The molecule has 1 aliphatic rings. The average Bonchev–Trinajstić information content (AvgIpc) is 2.80.